The Kier molecular flexibility index (Phi) is 3.39. The van der Waals surface area contributed by atoms with Gasteiger partial charge in [0.1, 0.15) is 0 Å². The SMILES string of the molecule is CCOC(=O)[C@H]1C[C@@H]2CC[C@@H](N2)[C@H]1c1cccs1. The molecule has 1 aromatic heterocycles. The Morgan fingerprint density at radius 1 is 1.56 bits per heavy atom. The number of rotatable bonds is 3. The standard InChI is InChI=1S/C14H19NO2S/c1-2-17-14(16)10-8-9-5-6-11(15-9)13(10)12-4-3-7-18-12/h3-4,7,9-11,13,15H,2,5-6,8H2,1H3/t9-,10-,11+,13-/m0/s1. The molecule has 0 unspecified atom stereocenters. The summed E-state index contributed by atoms with van der Waals surface area (Å²) in [5.74, 6) is 0.347. The topological polar surface area (TPSA) is 38.3 Å². The number of thiophene rings is 1. The first-order valence-electron chi connectivity index (χ1n) is 6.75. The Morgan fingerprint density at radius 3 is 3.17 bits per heavy atom. The summed E-state index contributed by atoms with van der Waals surface area (Å²) in [6.07, 6.45) is 3.31. The van der Waals surface area contributed by atoms with Crippen molar-refractivity contribution in [3.8, 4) is 0 Å². The van der Waals surface area contributed by atoms with Crippen LogP contribution in [-0.2, 0) is 9.53 Å². The van der Waals surface area contributed by atoms with Crippen LogP contribution in [0.1, 0.15) is 37.0 Å². The molecule has 98 valence electrons. The van der Waals surface area contributed by atoms with Crippen LogP contribution in [0.3, 0.4) is 0 Å². The third-order valence-corrected chi connectivity index (χ3v) is 5.12. The van der Waals surface area contributed by atoms with E-state index in [1.54, 1.807) is 11.3 Å². The van der Waals surface area contributed by atoms with E-state index in [0.717, 1.165) is 6.42 Å². The molecule has 1 N–H and O–H groups in total. The van der Waals surface area contributed by atoms with E-state index in [1.807, 2.05) is 6.92 Å². The molecule has 2 fully saturated rings. The molecule has 2 aliphatic rings. The lowest BCUT2D eigenvalue weighted by molar-refractivity contribution is -0.150. The number of piperidine rings is 1. The lowest BCUT2D eigenvalue weighted by Gasteiger charge is -2.35. The Balaban J connectivity index is 1.87. The highest BCUT2D eigenvalue weighted by atomic mass is 32.1. The molecule has 1 aromatic rings. The molecule has 3 heterocycles. The number of carbonyl (C=O) groups excluding carboxylic acids is 1. The van der Waals surface area contributed by atoms with Crippen LogP contribution in [0.4, 0.5) is 0 Å². The highest BCUT2D eigenvalue weighted by Crippen LogP contribution is 2.43. The number of hydrogen-bond donors (Lipinski definition) is 1. The molecule has 18 heavy (non-hydrogen) atoms. The Labute approximate surface area is 112 Å². The molecule has 2 aliphatic heterocycles. The van der Waals surface area contributed by atoms with Crippen LogP contribution in [0, 0.1) is 5.92 Å². The van der Waals surface area contributed by atoms with Gasteiger partial charge >= 0.3 is 5.97 Å². The van der Waals surface area contributed by atoms with E-state index in [2.05, 4.69) is 22.8 Å². The second-order valence-electron chi connectivity index (χ2n) is 5.18. The summed E-state index contributed by atoms with van der Waals surface area (Å²) in [4.78, 5) is 13.5. The van der Waals surface area contributed by atoms with Crippen LogP contribution in [0.15, 0.2) is 17.5 Å². The van der Waals surface area contributed by atoms with Crippen molar-refractivity contribution in [2.75, 3.05) is 6.61 Å². The van der Waals surface area contributed by atoms with Gasteiger partial charge in [-0.1, -0.05) is 6.07 Å². The number of carbonyl (C=O) groups is 1. The second-order valence-corrected chi connectivity index (χ2v) is 6.16. The van der Waals surface area contributed by atoms with Crippen molar-refractivity contribution < 1.29 is 9.53 Å². The summed E-state index contributed by atoms with van der Waals surface area (Å²) in [5.41, 5.74) is 0. The van der Waals surface area contributed by atoms with Crippen molar-refractivity contribution >= 4 is 17.3 Å². The fourth-order valence-corrected chi connectivity index (χ4v) is 4.38. The predicted octanol–water partition coefficient (Wildman–Crippen LogP) is 2.54. The molecule has 0 aliphatic carbocycles. The van der Waals surface area contributed by atoms with Crippen molar-refractivity contribution in [1.29, 1.82) is 0 Å². The molecule has 2 bridgehead atoms. The predicted molar refractivity (Wildman–Crippen MR) is 71.7 cm³/mol. The van der Waals surface area contributed by atoms with Crippen LogP contribution in [0.5, 0.6) is 0 Å². The van der Waals surface area contributed by atoms with Crippen LogP contribution >= 0.6 is 11.3 Å². The number of esters is 1. The zero-order chi connectivity index (χ0) is 12.5. The fourth-order valence-electron chi connectivity index (χ4n) is 3.42. The van der Waals surface area contributed by atoms with Gasteiger partial charge in [-0.3, -0.25) is 4.79 Å². The van der Waals surface area contributed by atoms with Crippen molar-refractivity contribution in [2.45, 2.75) is 44.2 Å². The number of hydrogen-bond acceptors (Lipinski definition) is 4. The van der Waals surface area contributed by atoms with Gasteiger partial charge in [0.15, 0.2) is 0 Å². The lowest BCUT2D eigenvalue weighted by atomic mass is 9.80. The molecule has 0 saturated carbocycles. The van der Waals surface area contributed by atoms with Gasteiger partial charge in [-0.2, -0.15) is 0 Å². The van der Waals surface area contributed by atoms with Crippen LogP contribution in [0.25, 0.3) is 0 Å². The van der Waals surface area contributed by atoms with E-state index in [0.29, 0.717) is 24.6 Å². The maximum atomic E-state index is 12.2. The maximum absolute atomic E-state index is 12.2. The minimum Gasteiger partial charge on any atom is -0.466 e. The Bertz CT molecular complexity index is 417. The lowest BCUT2D eigenvalue weighted by Crippen LogP contribution is -2.46. The van der Waals surface area contributed by atoms with Crippen molar-refractivity contribution in [3.05, 3.63) is 22.4 Å². The van der Waals surface area contributed by atoms with Crippen LogP contribution in [0.2, 0.25) is 0 Å². The number of fused-ring (bicyclic) bond motifs is 2. The molecule has 3 nitrogen and oxygen atoms in total. The van der Waals surface area contributed by atoms with E-state index < -0.39 is 0 Å². The van der Waals surface area contributed by atoms with Gasteiger partial charge in [0.05, 0.1) is 12.5 Å². The quantitative estimate of drug-likeness (QED) is 0.854. The summed E-state index contributed by atoms with van der Waals surface area (Å²) < 4.78 is 5.27. The molecule has 0 spiro atoms. The minimum atomic E-state index is -0.00528. The average molecular weight is 265 g/mol. The summed E-state index contributed by atoms with van der Waals surface area (Å²) in [6.45, 7) is 2.36. The number of nitrogens with one attached hydrogen (secondary N) is 1. The third kappa shape index (κ3) is 2.08. The summed E-state index contributed by atoms with van der Waals surface area (Å²) in [7, 11) is 0. The molecule has 3 rings (SSSR count). The highest BCUT2D eigenvalue weighted by molar-refractivity contribution is 7.10. The Hall–Kier alpha value is -0.870. The molecule has 4 atom stereocenters. The zero-order valence-corrected chi connectivity index (χ0v) is 11.4. The summed E-state index contributed by atoms with van der Waals surface area (Å²) in [6, 6.07) is 5.20. The minimum absolute atomic E-state index is 0.00528. The van der Waals surface area contributed by atoms with Gasteiger partial charge in [0.25, 0.3) is 0 Å². The highest BCUT2D eigenvalue weighted by Gasteiger charge is 2.46. The molecule has 4 heteroatoms. The first-order chi connectivity index (χ1) is 8.79. The molecule has 2 saturated heterocycles. The smallest absolute Gasteiger partial charge is 0.309 e. The van der Waals surface area contributed by atoms with E-state index in [1.165, 1.54) is 17.7 Å². The first kappa shape index (κ1) is 12.2. The third-order valence-electron chi connectivity index (χ3n) is 4.14. The number of ether oxygens (including phenoxy) is 1. The van der Waals surface area contributed by atoms with Gasteiger partial charge in [-0.05, 0) is 37.6 Å². The van der Waals surface area contributed by atoms with E-state index in [-0.39, 0.29) is 11.9 Å². The summed E-state index contributed by atoms with van der Waals surface area (Å²) in [5, 5.41) is 5.75. The van der Waals surface area contributed by atoms with Gasteiger partial charge in [-0.25, -0.2) is 0 Å². The Morgan fingerprint density at radius 2 is 2.44 bits per heavy atom. The molecular formula is C14H19NO2S. The van der Waals surface area contributed by atoms with Crippen molar-refractivity contribution in [1.82, 2.24) is 5.32 Å². The summed E-state index contributed by atoms with van der Waals surface area (Å²) >= 11 is 1.76. The zero-order valence-electron chi connectivity index (χ0n) is 10.6. The second kappa shape index (κ2) is 5.02. The van der Waals surface area contributed by atoms with Gasteiger partial charge in [0, 0.05) is 22.9 Å². The normalized spacial score (nSPS) is 34.5. The largest absolute Gasteiger partial charge is 0.466 e. The van der Waals surface area contributed by atoms with Gasteiger partial charge in [0.2, 0.25) is 0 Å². The van der Waals surface area contributed by atoms with E-state index >= 15 is 0 Å². The average Bonchev–Trinajstić information content (AvgIpc) is 3.00. The molecule has 0 amide bonds. The fraction of sp³-hybridized carbons (Fsp3) is 0.643. The molecule has 0 radical (unpaired) electrons. The van der Waals surface area contributed by atoms with Crippen molar-refractivity contribution in [3.63, 3.8) is 0 Å². The monoisotopic (exact) mass is 265 g/mol. The van der Waals surface area contributed by atoms with Gasteiger partial charge in [-0.15, -0.1) is 11.3 Å². The first-order valence-corrected chi connectivity index (χ1v) is 7.63. The van der Waals surface area contributed by atoms with Crippen LogP contribution < -0.4 is 5.32 Å². The maximum Gasteiger partial charge on any atom is 0.309 e. The van der Waals surface area contributed by atoms with Crippen LogP contribution in [-0.4, -0.2) is 24.7 Å². The molecule has 0 aromatic carbocycles. The van der Waals surface area contributed by atoms with Crippen molar-refractivity contribution in [2.24, 2.45) is 5.92 Å². The molecular weight excluding hydrogens is 246 g/mol. The van der Waals surface area contributed by atoms with Gasteiger partial charge < -0.3 is 10.1 Å². The van der Waals surface area contributed by atoms with E-state index in [4.69, 9.17) is 4.74 Å². The van der Waals surface area contributed by atoms with E-state index in [9.17, 15) is 4.79 Å².